The number of imidazole rings is 1. The van der Waals surface area contributed by atoms with Crippen molar-refractivity contribution in [2.45, 2.75) is 115 Å². The zero-order valence-electron chi connectivity index (χ0n) is 26.5. The molecular weight excluding hydrogens is 539 g/mol. The number of rotatable bonds is 12. The highest BCUT2D eigenvalue weighted by molar-refractivity contribution is 5.68. The van der Waals surface area contributed by atoms with E-state index in [1.54, 1.807) is 14.0 Å². The standard InChI is InChI=1S/C32H51FN4O5/c1-20(2)8-9-26-31(6,42-26)29-28(39-7)25(10-12-32(29)18-40-32)41-30(38)35-27(21(3)4)24-17-37(19-34-24)16-23-11-13-36(15-23)14-22(5)33/h8,17,19,21-23,25-29H,9-16,18H2,1-7H3,(H,35,38)/t22?,23-,25-,26-,27+,28-,29?,31+,32+/m1/s1. The fourth-order valence-corrected chi connectivity index (χ4v) is 7.47. The van der Waals surface area contributed by atoms with Crippen molar-refractivity contribution in [1.82, 2.24) is 19.8 Å². The van der Waals surface area contributed by atoms with Crippen LogP contribution in [0.15, 0.2) is 24.2 Å². The molecule has 9 nitrogen and oxygen atoms in total. The van der Waals surface area contributed by atoms with Crippen molar-refractivity contribution in [2.75, 3.05) is 33.4 Å². The van der Waals surface area contributed by atoms with Crippen LogP contribution in [0, 0.1) is 17.8 Å². The Labute approximate surface area is 250 Å². The Morgan fingerprint density at radius 1 is 1.31 bits per heavy atom. The van der Waals surface area contributed by atoms with Crippen LogP contribution < -0.4 is 5.32 Å². The van der Waals surface area contributed by atoms with E-state index in [0.717, 1.165) is 44.6 Å². The molecule has 0 radical (unpaired) electrons. The minimum atomic E-state index is -0.808. The number of hydrogen-bond donors (Lipinski definition) is 1. The van der Waals surface area contributed by atoms with Gasteiger partial charge in [-0.15, -0.1) is 0 Å². The number of allylic oxidation sites excluding steroid dienone is 1. The van der Waals surface area contributed by atoms with E-state index in [2.05, 4.69) is 60.5 Å². The third-order valence-corrected chi connectivity index (χ3v) is 9.76. The minimum absolute atomic E-state index is 0.0201. The van der Waals surface area contributed by atoms with Gasteiger partial charge in [0.25, 0.3) is 0 Å². The summed E-state index contributed by atoms with van der Waals surface area (Å²) in [6.07, 6.45) is 7.57. The summed E-state index contributed by atoms with van der Waals surface area (Å²) < 4.78 is 40.0. The number of aromatic nitrogens is 2. The molecule has 1 saturated carbocycles. The highest BCUT2D eigenvalue weighted by Gasteiger charge is 2.72. The van der Waals surface area contributed by atoms with Gasteiger partial charge in [-0.1, -0.05) is 25.5 Å². The summed E-state index contributed by atoms with van der Waals surface area (Å²) in [6, 6.07) is -0.289. The van der Waals surface area contributed by atoms with E-state index in [4.69, 9.17) is 18.9 Å². The third kappa shape index (κ3) is 6.87. The molecule has 4 heterocycles. The molecule has 9 atom stereocenters. The molecule has 10 heteroatoms. The van der Waals surface area contributed by atoms with Gasteiger partial charge in [0.2, 0.25) is 0 Å². The van der Waals surface area contributed by atoms with Gasteiger partial charge in [0.05, 0.1) is 36.7 Å². The Hall–Kier alpha value is -2.01. The zero-order chi connectivity index (χ0) is 30.2. The Morgan fingerprint density at radius 2 is 2.07 bits per heavy atom. The van der Waals surface area contributed by atoms with Crippen molar-refractivity contribution in [2.24, 2.45) is 17.8 Å². The second-order valence-electron chi connectivity index (χ2n) is 13.9. The first kappa shape index (κ1) is 31.4. The molecular formula is C32H51FN4O5. The number of alkyl carbamates (subject to hydrolysis) is 1. The van der Waals surface area contributed by atoms with Gasteiger partial charge in [-0.05, 0) is 71.8 Å². The number of alkyl halides is 1. The molecule has 1 aliphatic carbocycles. The lowest BCUT2D eigenvalue weighted by Crippen LogP contribution is -2.56. The van der Waals surface area contributed by atoms with Gasteiger partial charge in [-0.3, -0.25) is 0 Å². The van der Waals surface area contributed by atoms with E-state index in [1.165, 1.54) is 5.57 Å². The number of ether oxygens (including phenoxy) is 4. The molecule has 236 valence electrons. The first-order valence-electron chi connectivity index (χ1n) is 15.8. The van der Waals surface area contributed by atoms with Crippen LogP contribution in [0.2, 0.25) is 0 Å². The van der Waals surface area contributed by atoms with Crippen LogP contribution in [0.3, 0.4) is 0 Å². The van der Waals surface area contributed by atoms with Crippen molar-refractivity contribution < 1.29 is 28.1 Å². The van der Waals surface area contributed by atoms with E-state index >= 15 is 0 Å². The Balaban J connectivity index is 1.20. The van der Waals surface area contributed by atoms with Crippen LogP contribution in [0.4, 0.5) is 9.18 Å². The molecule has 5 rings (SSSR count). The number of carbonyl (C=O) groups is 1. The maximum Gasteiger partial charge on any atom is 0.408 e. The molecule has 1 amide bonds. The maximum atomic E-state index is 13.4. The molecule has 2 unspecified atom stereocenters. The van der Waals surface area contributed by atoms with Gasteiger partial charge < -0.3 is 33.7 Å². The topological polar surface area (TPSA) is 93.7 Å². The van der Waals surface area contributed by atoms with E-state index in [0.29, 0.717) is 25.5 Å². The van der Waals surface area contributed by atoms with Crippen LogP contribution in [0.25, 0.3) is 0 Å². The SMILES string of the molecule is CO[C@H]1C([C@@]2(C)O[C@@H]2CC=C(C)C)[C@]2(CC[C@H]1OC(=O)N[C@H](c1cn(C[C@@H]3CCN(CC(C)F)C3)cn1)C(C)C)CO2. The first-order valence-corrected chi connectivity index (χ1v) is 15.8. The third-order valence-electron chi connectivity index (χ3n) is 9.76. The van der Waals surface area contributed by atoms with Crippen molar-refractivity contribution in [3.05, 3.63) is 29.9 Å². The fraction of sp³-hybridized carbons (Fsp3) is 0.812. The molecule has 0 aromatic carbocycles. The fourth-order valence-electron chi connectivity index (χ4n) is 7.47. The van der Waals surface area contributed by atoms with Gasteiger partial charge in [0.1, 0.15) is 29.6 Å². The lowest BCUT2D eigenvalue weighted by Gasteiger charge is -2.42. The largest absolute Gasteiger partial charge is 0.443 e. The molecule has 1 spiro atoms. The number of nitrogens with one attached hydrogen (secondary N) is 1. The summed E-state index contributed by atoms with van der Waals surface area (Å²) in [7, 11) is 1.69. The van der Waals surface area contributed by atoms with E-state index in [9.17, 15) is 9.18 Å². The number of halogens is 1. The number of carbonyl (C=O) groups excluding carboxylic acids is 1. The first-order chi connectivity index (χ1) is 19.9. The van der Waals surface area contributed by atoms with Gasteiger partial charge >= 0.3 is 6.09 Å². The van der Waals surface area contributed by atoms with Gasteiger partial charge in [-0.2, -0.15) is 0 Å². The maximum absolute atomic E-state index is 13.4. The number of hydrogen-bond acceptors (Lipinski definition) is 7. The average molecular weight is 591 g/mol. The Morgan fingerprint density at radius 3 is 2.71 bits per heavy atom. The number of likely N-dealkylation sites (tertiary alicyclic amines) is 1. The van der Waals surface area contributed by atoms with Crippen LogP contribution >= 0.6 is 0 Å². The van der Waals surface area contributed by atoms with Crippen LogP contribution in [-0.4, -0.2) is 89.6 Å². The molecule has 1 aromatic heterocycles. The Kier molecular flexibility index (Phi) is 9.38. The second-order valence-corrected chi connectivity index (χ2v) is 13.9. The molecule has 1 aromatic rings. The quantitative estimate of drug-likeness (QED) is 0.269. The minimum Gasteiger partial charge on any atom is -0.443 e. The summed E-state index contributed by atoms with van der Waals surface area (Å²) in [5, 5.41) is 3.09. The van der Waals surface area contributed by atoms with Crippen LogP contribution in [0.1, 0.15) is 79.0 Å². The average Bonchev–Trinajstić information content (AvgIpc) is 3.69. The number of amides is 1. The molecule has 4 fully saturated rings. The highest BCUT2D eigenvalue weighted by Crippen LogP contribution is 2.59. The summed E-state index contributed by atoms with van der Waals surface area (Å²) in [5.74, 6) is 0.557. The van der Waals surface area contributed by atoms with Gasteiger partial charge in [-0.25, -0.2) is 14.2 Å². The van der Waals surface area contributed by atoms with Crippen molar-refractivity contribution in [3.63, 3.8) is 0 Å². The molecule has 1 N–H and O–H groups in total. The van der Waals surface area contributed by atoms with Gasteiger partial charge in [0, 0.05) is 32.9 Å². The summed E-state index contributed by atoms with van der Waals surface area (Å²) in [6.45, 7) is 15.9. The van der Waals surface area contributed by atoms with E-state index in [1.807, 2.05) is 12.5 Å². The van der Waals surface area contributed by atoms with E-state index in [-0.39, 0.29) is 41.3 Å². The number of epoxide rings is 2. The van der Waals surface area contributed by atoms with Crippen LogP contribution in [0.5, 0.6) is 0 Å². The predicted octanol–water partition coefficient (Wildman–Crippen LogP) is 5.06. The molecule has 3 aliphatic heterocycles. The van der Waals surface area contributed by atoms with Crippen LogP contribution in [-0.2, 0) is 25.5 Å². The number of methoxy groups -OCH3 is 1. The summed E-state index contributed by atoms with van der Waals surface area (Å²) in [4.78, 5) is 20.2. The van der Waals surface area contributed by atoms with Gasteiger partial charge in [0.15, 0.2) is 0 Å². The second kappa shape index (κ2) is 12.5. The molecule has 42 heavy (non-hydrogen) atoms. The molecule has 4 aliphatic rings. The summed E-state index contributed by atoms with van der Waals surface area (Å²) >= 11 is 0. The van der Waals surface area contributed by atoms with Crippen molar-refractivity contribution in [3.8, 4) is 0 Å². The lowest BCUT2D eigenvalue weighted by atomic mass is 9.68. The van der Waals surface area contributed by atoms with Crippen molar-refractivity contribution >= 4 is 6.09 Å². The smallest absolute Gasteiger partial charge is 0.408 e. The highest BCUT2D eigenvalue weighted by atomic mass is 19.1. The Bertz CT molecular complexity index is 1120. The monoisotopic (exact) mass is 590 g/mol. The zero-order valence-corrected chi connectivity index (χ0v) is 26.5. The summed E-state index contributed by atoms with van der Waals surface area (Å²) in [5.41, 5.74) is 1.44. The number of nitrogens with zero attached hydrogens (tertiary/aromatic N) is 3. The molecule has 0 bridgehead atoms. The molecule has 3 saturated heterocycles. The lowest BCUT2D eigenvalue weighted by molar-refractivity contribution is -0.118. The normalized spacial score (nSPS) is 35.7. The van der Waals surface area contributed by atoms with Crippen molar-refractivity contribution in [1.29, 1.82) is 0 Å². The predicted molar refractivity (Wildman–Crippen MR) is 158 cm³/mol. The van der Waals surface area contributed by atoms with E-state index < -0.39 is 18.4 Å².